The van der Waals surface area contributed by atoms with E-state index in [2.05, 4.69) is 29.4 Å². The number of hydrogen-bond acceptors (Lipinski definition) is 5. The minimum absolute atomic E-state index is 0.108. The average molecular weight is 290 g/mol. The summed E-state index contributed by atoms with van der Waals surface area (Å²) in [4.78, 5) is 0. The molecule has 0 aliphatic heterocycles. The van der Waals surface area contributed by atoms with Crippen molar-refractivity contribution < 1.29 is 9.47 Å². The quantitative estimate of drug-likeness (QED) is 0.846. The predicted molar refractivity (Wildman–Crippen MR) is 80.5 cm³/mol. The van der Waals surface area contributed by atoms with Crippen LogP contribution in [0.1, 0.15) is 31.3 Å². The second kappa shape index (κ2) is 7.08. The number of benzene rings is 1. The van der Waals surface area contributed by atoms with Crippen molar-refractivity contribution in [1.82, 2.24) is 20.1 Å². The zero-order valence-electron chi connectivity index (χ0n) is 13.0. The summed E-state index contributed by atoms with van der Waals surface area (Å²) in [6.45, 7) is 5.67. The second-order valence-corrected chi connectivity index (χ2v) is 4.74. The molecule has 1 heterocycles. The standard InChI is InChI=1S/C15H22N4O2/c1-5-19-10-17-18-15(19)9-16-11(2)13-8-12(20-3)6-7-14(13)21-4/h6-8,10-11,16H,5,9H2,1-4H3. The van der Waals surface area contributed by atoms with Crippen LogP contribution in [0.15, 0.2) is 24.5 Å². The number of nitrogens with one attached hydrogen (secondary N) is 1. The molecule has 114 valence electrons. The maximum absolute atomic E-state index is 5.42. The van der Waals surface area contributed by atoms with Crippen molar-refractivity contribution in [2.24, 2.45) is 0 Å². The number of hydrogen-bond donors (Lipinski definition) is 1. The molecule has 0 aliphatic carbocycles. The van der Waals surface area contributed by atoms with Crippen LogP contribution in [0.5, 0.6) is 11.5 Å². The molecule has 0 amide bonds. The normalized spacial score (nSPS) is 12.2. The Balaban J connectivity index is 2.10. The number of methoxy groups -OCH3 is 2. The Morgan fingerprint density at radius 1 is 1.29 bits per heavy atom. The van der Waals surface area contributed by atoms with Gasteiger partial charge in [0, 0.05) is 18.2 Å². The molecule has 0 spiro atoms. The largest absolute Gasteiger partial charge is 0.497 e. The fourth-order valence-electron chi connectivity index (χ4n) is 2.21. The van der Waals surface area contributed by atoms with E-state index in [1.54, 1.807) is 20.5 Å². The molecule has 0 aliphatic rings. The topological polar surface area (TPSA) is 61.2 Å². The summed E-state index contributed by atoms with van der Waals surface area (Å²) in [6.07, 6.45) is 1.74. The molecule has 6 nitrogen and oxygen atoms in total. The number of nitrogens with zero attached hydrogens (tertiary/aromatic N) is 3. The average Bonchev–Trinajstić information content (AvgIpc) is 2.99. The fraction of sp³-hybridized carbons (Fsp3) is 0.467. The summed E-state index contributed by atoms with van der Waals surface area (Å²) in [5.74, 6) is 2.58. The molecule has 2 rings (SSSR count). The number of rotatable bonds is 7. The van der Waals surface area contributed by atoms with E-state index in [0.717, 1.165) is 29.4 Å². The summed E-state index contributed by atoms with van der Waals surface area (Å²) >= 11 is 0. The Morgan fingerprint density at radius 3 is 2.76 bits per heavy atom. The van der Waals surface area contributed by atoms with Gasteiger partial charge in [-0.1, -0.05) is 0 Å². The first-order chi connectivity index (χ1) is 10.2. The molecule has 0 saturated carbocycles. The van der Waals surface area contributed by atoms with E-state index in [1.165, 1.54) is 0 Å². The van der Waals surface area contributed by atoms with Crippen LogP contribution >= 0.6 is 0 Å². The van der Waals surface area contributed by atoms with E-state index in [1.807, 2.05) is 22.8 Å². The lowest BCUT2D eigenvalue weighted by molar-refractivity contribution is 0.391. The van der Waals surface area contributed by atoms with Gasteiger partial charge < -0.3 is 19.4 Å². The zero-order chi connectivity index (χ0) is 15.2. The second-order valence-electron chi connectivity index (χ2n) is 4.74. The maximum atomic E-state index is 5.42. The highest BCUT2D eigenvalue weighted by Gasteiger charge is 2.13. The van der Waals surface area contributed by atoms with Gasteiger partial charge in [-0.2, -0.15) is 0 Å². The molecule has 0 saturated heterocycles. The van der Waals surface area contributed by atoms with Gasteiger partial charge in [0.05, 0.1) is 20.8 Å². The monoisotopic (exact) mass is 290 g/mol. The van der Waals surface area contributed by atoms with E-state index >= 15 is 0 Å². The summed E-state index contributed by atoms with van der Waals surface area (Å²) in [5.41, 5.74) is 1.06. The van der Waals surface area contributed by atoms with E-state index in [4.69, 9.17) is 9.47 Å². The molecule has 21 heavy (non-hydrogen) atoms. The van der Waals surface area contributed by atoms with E-state index in [-0.39, 0.29) is 6.04 Å². The summed E-state index contributed by atoms with van der Waals surface area (Å²) in [5, 5.41) is 11.5. The lowest BCUT2D eigenvalue weighted by Gasteiger charge is -2.18. The van der Waals surface area contributed by atoms with Crippen molar-refractivity contribution in [3.63, 3.8) is 0 Å². The van der Waals surface area contributed by atoms with Gasteiger partial charge >= 0.3 is 0 Å². The molecule has 1 aromatic heterocycles. The molecule has 1 N–H and O–H groups in total. The first kappa shape index (κ1) is 15.3. The van der Waals surface area contributed by atoms with Crippen molar-refractivity contribution in [2.45, 2.75) is 33.0 Å². The summed E-state index contributed by atoms with van der Waals surface area (Å²) in [7, 11) is 3.33. The van der Waals surface area contributed by atoms with Gasteiger partial charge in [-0.15, -0.1) is 10.2 Å². The van der Waals surface area contributed by atoms with Crippen LogP contribution in [0.4, 0.5) is 0 Å². The highest BCUT2D eigenvalue weighted by atomic mass is 16.5. The lowest BCUT2D eigenvalue weighted by Crippen LogP contribution is -2.21. The maximum Gasteiger partial charge on any atom is 0.146 e. The Labute approximate surface area is 125 Å². The smallest absolute Gasteiger partial charge is 0.146 e. The lowest BCUT2D eigenvalue weighted by atomic mass is 10.1. The van der Waals surface area contributed by atoms with E-state index in [9.17, 15) is 0 Å². The van der Waals surface area contributed by atoms with Gasteiger partial charge in [0.2, 0.25) is 0 Å². The van der Waals surface area contributed by atoms with Crippen molar-refractivity contribution in [3.05, 3.63) is 35.9 Å². The highest BCUT2D eigenvalue weighted by molar-refractivity contribution is 5.42. The van der Waals surface area contributed by atoms with Crippen molar-refractivity contribution >= 4 is 0 Å². The Bertz CT molecular complexity index is 583. The Morgan fingerprint density at radius 2 is 2.10 bits per heavy atom. The van der Waals surface area contributed by atoms with Crippen molar-refractivity contribution in [1.29, 1.82) is 0 Å². The minimum Gasteiger partial charge on any atom is -0.497 e. The van der Waals surface area contributed by atoms with Crippen LogP contribution in [-0.4, -0.2) is 29.0 Å². The third-order valence-electron chi connectivity index (χ3n) is 3.51. The molecule has 1 unspecified atom stereocenters. The molecule has 6 heteroatoms. The number of ether oxygens (including phenoxy) is 2. The van der Waals surface area contributed by atoms with Crippen LogP contribution in [0, 0.1) is 0 Å². The Kier molecular flexibility index (Phi) is 5.16. The highest BCUT2D eigenvalue weighted by Crippen LogP contribution is 2.29. The van der Waals surface area contributed by atoms with Crippen LogP contribution in [0.3, 0.4) is 0 Å². The van der Waals surface area contributed by atoms with Crippen LogP contribution in [0.2, 0.25) is 0 Å². The van der Waals surface area contributed by atoms with E-state index in [0.29, 0.717) is 6.54 Å². The first-order valence-electron chi connectivity index (χ1n) is 7.01. The van der Waals surface area contributed by atoms with Crippen molar-refractivity contribution in [3.8, 4) is 11.5 Å². The summed E-state index contributed by atoms with van der Waals surface area (Å²) < 4.78 is 12.7. The van der Waals surface area contributed by atoms with Gasteiger partial charge in [0.1, 0.15) is 23.7 Å². The first-order valence-corrected chi connectivity index (χ1v) is 7.01. The van der Waals surface area contributed by atoms with Crippen LogP contribution in [-0.2, 0) is 13.1 Å². The molecule has 0 bridgehead atoms. The third-order valence-corrected chi connectivity index (χ3v) is 3.51. The molecular formula is C15H22N4O2. The minimum atomic E-state index is 0.108. The van der Waals surface area contributed by atoms with Gasteiger partial charge in [-0.25, -0.2) is 0 Å². The molecule has 1 aromatic carbocycles. The van der Waals surface area contributed by atoms with Crippen LogP contribution < -0.4 is 14.8 Å². The van der Waals surface area contributed by atoms with Gasteiger partial charge in [0.15, 0.2) is 0 Å². The Hall–Kier alpha value is -2.08. The van der Waals surface area contributed by atoms with E-state index < -0.39 is 0 Å². The SMILES string of the molecule is CCn1cnnc1CNC(C)c1cc(OC)ccc1OC. The van der Waals surface area contributed by atoms with Crippen LogP contribution in [0.25, 0.3) is 0 Å². The summed E-state index contributed by atoms with van der Waals surface area (Å²) in [6, 6.07) is 5.90. The van der Waals surface area contributed by atoms with Gasteiger partial charge in [-0.3, -0.25) is 0 Å². The molecular weight excluding hydrogens is 268 g/mol. The molecule has 0 fully saturated rings. The van der Waals surface area contributed by atoms with Gasteiger partial charge in [-0.05, 0) is 32.0 Å². The number of aryl methyl sites for hydroxylation is 1. The molecule has 2 aromatic rings. The molecule has 1 atom stereocenters. The predicted octanol–water partition coefficient (Wildman–Crippen LogP) is 2.17. The van der Waals surface area contributed by atoms with Gasteiger partial charge in [0.25, 0.3) is 0 Å². The third kappa shape index (κ3) is 3.52. The molecule has 0 radical (unpaired) electrons. The zero-order valence-corrected chi connectivity index (χ0v) is 13.0. The van der Waals surface area contributed by atoms with Crippen molar-refractivity contribution in [2.75, 3.05) is 14.2 Å². The number of aromatic nitrogens is 3. The fourth-order valence-corrected chi connectivity index (χ4v) is 2.21.